The van der Waals surface area contributed by atoms with Gasteiger partial charge in [-0.15, -0.1) is 0 Å². The van der Waals surface area contributed by atoms with E-state index in [1.54, 1.807) is 31.2 Å². The summed E-state index contributed by atoms with van der Waals surface area (Å²) >= 11 is 0. The largest absolute Gasteiger partial charge is 0.374 e. The van der Waals surface area contributed by atoms with Gasteiger partial charge in [0.1, 0.15) is 0 Å². The zero-order valence-corrected chi connectivity index (χ0v) is 19.0. The molecule has 0 aromatic heterocycles. The molecule has 0 bridgehead atoms. The molecular weight excluding hydrogens is 410 g/mol. The van der Waals surface area contributed by atoms with Crippen LogP contribution in [0.3, 0.4) is 0 Å². The van der Waals surface area contributed by atoms with Crippen molar-refractivity contribution in [2.45, 2.75) is 56.3 Å². The lowest BCUT2D eigenvalue weighted by Crippen LogP contribution is -2.45. The molecule has 0 N–H and O–H groups in total. The molecule has 0 amide bonds. The zero-order valence-electron chi connectivity index (χ0n) is 17.4. The number of aliphatic imine (C=N–C) groups is 1. The number of aryl methyl sites for hydroxylation is 1. The van der Waals surface area contributed by atoms with Crippen molar-refractivity contribution in [2.24, 2.45) is 10.9 Å². The van der Waals surface area contributed by atoms with Gasteiger partial charge in [0.15, 0.2) is 24.7 Å². The molecule has 6 nitrogen and oxygen atoms in total. The van der Waals surface area contributed by atoms with Crippen molar-refractivity contribution in [3.8, 4) is 0 Å². The Morgan fingerprint density at radius 1 is 1.24 bits per heavy atom. The molecule has 2 aliphatic rings. The maximum atomic E-state index is 13.4. The van der Waals surface area contributed by atoms with Gasteiger partial charge in [0.05, 0.1) is 28.0 Å². The van der Waals surface area contributed by atoms with E-state index in [1.165, 1.54) is 0 Å². The quantitative estimate of drug-likeness (QED) is 0.703. The van der Waals surface area contributed by atoms with Gasteiger partial charge in [0.25, 0.3) is 0 Å². The third kappa shape index (κ3) is 4.49. The Labute approximate surface area is 173 Å². The Balaban J connectivity index is 1.84. The van der Waals surface area contributed by atoms with E-state index in [0.717, 1.165) is 11.1 Å². The number of rotatable bonds is 5. The van der Waals surface area contributed by atoms with Crippen molar-refractivity contribution >= 4 is 24.7 Å². The molecule has 2 heterocycles. The minimum absolute atomic E-state index is 0.00819. The first-order valence-electron chi connectivity index (χ1n) is 9.85. The highest BCUT2D eigenvalue weighted by molar-refractivity contribution is 8.06. The predicted molar refractivity (Wildman–Crippen MR) is 115 cm³/mol. The zero-order chi connectivity index (χ0) is 21.4. The maximum absolute atomic E-state index is 13.4. The molecule has 0 saturated carbocycles. The molecule has 1 aromatic rings. The second-order valence-electron chi connectivity index (χ2n) is 8.63. The van der Waals surface area contributed by atoms with E-state index in [-0.39, 0.29) is 29.7 Å². The molecule has 0 aliphatic carbocycles. The van der Waals surface area contributed by atoms with Gasteiger partial charge in [-0.1, -0.05) is 26.0 Å². The van der Waals surface area contributed by atoms with Crippen LogP contribution in [-0.4, -0.2) is 51.6 Å². The van der Waals surface area contributed by atoms with Crippen molar-refractivity contribution in [3.05, 3.63) is 41.5 Å². The van der Waals surface area contributed by atoms with E-state index in [9.17, 15) is 16.8 Å². The number of hydrogen-bond acceptors (Lipinski definition) is 6. The van der Waals surface area contributed by atoms with E-state index in [0.29, 0.717) is 17.9 Å². The molecule has 8 heteroatoms. The van der Waals surface area contributed by atoms with Crippen LogP contribution in [-0.2, 0) is 24.4 Å². The first-order chi connectivity index (χ1) is 13.4. The molecule has 160 valence electrons. The Hall–Kier alpha value is -1.51. The summed E-state index contributed by atoms with van der Waals surface area (Å²) in [7, 11) is -7.00. The molecule has 29 heavy (non-hydrogen) atoms. The topological polar surface area (TPSA) is 89.9 Å². The summed E-state index contributed by atoms with van der Waals surface area (Å²) in [6.45, 7) is 7.86. The highest BCUT2D eigenvalue weighted by atomic mass is 32.2. The third-order valence-corrected chi connectivity index (χ3v) is 10.1. The Morgan fingerprint density at radius 3 is 2.62 bits per heavy atom. The predicted octanol–water partition coefficient (Wildman–Crippen LogP) is 3.12. The van der Waals surface area contributed by atoms with Crippen molar-refractivity contribution in [2.75, 3.05) is 18.9 Å². The number of benzene rings is 1. The van der Waals surface area contributed by atoms with E-state index in [1.807, 2.05) is 26.8 Å². The lowest BCUT2D eigenvalue weighted by molar-refractivity contribution is 0.0236. The van der Waals surface area contributed by atoms with Crippen LogP contribution in [0.25, 0.3) is 0 Å². The lowest BCUT2D eigenvalue weighted by atomic mass is 9.92. The van der Waals surface area contributed by atoms with E-state index < -0.39 is 30.5 Å². The highest BCUT2D eigenvalue weighted by Crippen LogP contribution is 2.39. The molecule has 3 rings (SSSR count). The standard InChI is InChI=1S/C21H29NO5S2/c1-15(2)14-28(23,24)20-11-17(13-22-20)19-12-21(4,8-9-27-19)29(25,26)18-7-5-6-16(3)10-18/h5-7,10-11,15,19H,8-9,12-14H2,1-4H3. The average Bonchev–Trinajstić information content (AvgIpc) is 3.12. The minimum atomic E-state index is -3.57. The summed E-state index contributed by atoms with van der Waals surface area (Å²) in [5, 5.41) is 0.0821. The fourth-order valence-electron chi connectivity index (χ4n) is 3.85. The van der Waals surface area contributed by atoms with Crippen LogP contribution in [0.4, 0.5) is 0 Å². The van der Waals surface area contributed by atoms with Gasteiger partial charge in [0.2, 0.25) is 0 Å². The molecule has 2 aliphatic heterocycles. The second kappa shape index (κ2) is 7.96. The minimum Gasteiger partial charge on any atom is -0.374 e. The molecule has 1 fully saturated rings. The summed E-state index contributed by atoms with van der Waals surface area (Å²) in [6.07, 6.45) is 1.80. The van der Waals surface area contributed by atoms with Crippen molar-refractivity contribution in [3.63, 3.8) is 0 Å². The van der Waals surface area contributed by atoms with Gasteiger partial charge < -0.3 is 4.74 Å². The molecule has 1 saturated heterocycles. The van der Waals surface area contributed by atoms with Crippen LogP contribution >= 0.6 is 0 Å². The smallest absolute Gasteiger partial charge is 0.195 e. The Morgan fingerprint density at radius 2 is 1.97 bits per heavy atom. The van der Waals surface area contributed by atoms with Crippen molar-refractivity contribution in [1.29, 1.82) is 0 Å². The SMILES string of the molecule is Cc1cccc(S(=O)(=O)C2(C)CCOC(C3=CC(S(=O)(=O)CC(C)C)=NC3)C2)c1. The van der Waals surface area contributed by atoms with Gasteiger partial charge in [0, 0.05) is 6.61 Å². The average molecular weight is 440 g/mol. The van der Waals surface area contributed by atoms with Crippen LogP contribution in [0.5, 0.6) is 0 Å². The molecule has 2 atom stereocenters. The summed E-state index contributed by atoms with van der Waals surface area (Å²) in [4.78, 5) is 4.52. The van der Waals surface area contributed by atoms with E-state index in [4.69, 9.17) is 4.74 Å². The first kappa shape index (κ1) is 22.2. The van der Waals surface area contributed by atoms with Crippen LogP contribution in [0, 0.1) is 12.8 Å². The number of hydrogen-bond donors (Lipinski definition) is 0. The number of sulfone groups is 2. The molecule has 2 unspecified atom stereocenters. The Bertz CT molecular complexity index is 1050. The molecule has 0 radical (unpaired) electrons. The summed E-state index contributed by atoms with van der Waals surface area (Å²) in [5.74, 6) is 0.0504. The molecule has 1 aromatic carbocycles. The molecular formula is C21H29NO5S2. The third-order valence-electron chi connectivity index (χ3n) is 5.53. The van der Waals surface area contributed by atoms with Crippen LogP contribution in [0.2, 0.25) is 0 Å². The lowest BCUT2D eigenvalue weighted by Gasteiger charge is -2.38. The number of nitrogens with zero attached hydrogens (tertiary/aromatic N) is 1. The van der Waals surface area contributed by atoms with Gasteiger partial charge in [-0.05, 0) is 62.0 Å². The van der Waals surface area contributed by atoms with Gasteiger partial charge in [-0.3, -0.25) is 4.99 Å². The molecule has 0 spiro atoms. The van der Waals surface area contributed by atoms with E-state index >= 15 is 0 Å². The van der Waals surface area contributed by atoms with Crippen LogP contribution < -0.4 is 0 Å². The van der Waals surface area contributed by atoms with Crippen LogP contribution in [0.15, 0.2) is 45.8 Å². The fraction of sp³-hybridized carbons (Fsp3) is 0.571. The van der Waals surface area contributed by atoms with Crippen molar-refractivity contribution < 1.29 is 21.6 Å². The fourth-order valence-corrected chi connectivity index (χ4v) is 7.38. The normalized spacial score (nSPS) is 25.8. The summed E-state index contributed by atoms with van der Waals surface area (Å²) < 4.78 is 56.5. The Kier molecular flexibility index (Phi) is 6.09. The second-order valence-corrected chi connectivity index (χ2v) is 13.1. The van der Waals surface area contributed by atoms with Crippen LogP contribution in [0.1, 0.15) is 39.2 Å². The summed E-state index contributed by atoms with van der Waals surface area (Å²) in [5.41, 5.74) is 1.63. The highest BCUT2D eigenvalue weighted by Gasteiger charge is 2.46. The maximum Gasteiger partial charge on any atom is 0.195 e. The monoisotopic (exact) mass is 439 g/mol. The van der Waals surface area contributed by atoms with Gasteiger partial charge >= 0.3 is 0 Å². The van der Waals surface area contributed by atoms with E-state index in [2.05, 4.69) is 4.99 Å². The summed E-state index contributed by atoms with van der Waals surface area (Å²) in [6, 6.07) is 6.95. The van der Waals surface area contributed by atoms with Gasteiger partial charge in [-0.2, -0.15) is 0 Å². The van der Waals surface area contributed by atoms with Crippen molar-refractivity contribution in [1.82, 2.24) is 0 Å². The van der Waals surface area contributed by atoms with Gasteiger partial charge in [-0.25, -0.2) is 16.8 Å². The number of ether oxygens (including phenoxy) is 1. The first-order valence-corrected chi connectivity index (χ1v) is 13.0.